The van der Waals surface area contributed by atoms with Crippen LogP contribution in [0.1, 0.15) is 26.2 Å². The maximum absolute atomic E-state index is 3.34. The van der Waals surface area contributed by atoms with E-state index in [1.807, 2.05) is 0 Å². The normalized spacial score (nSPS) is 35.2. The summed E-state index contributed by atoms with van der Waals surface area (Å²) < 4.78 is 0. The average molecular weight is 154 g/mol. The standard InChI is InChI=1S/C9H18N2/c1-8-4-2-3-5-11(8)9-6-10-7-9/h8-10H,2-7H2,1H3. The summed E-state index contributed by atoms with van der Waals surface area (Å²) in [6, 6.07) is 1.71. The van der Waals surface area contributed by atoms with Crippen LogP contribution in [0.15, 0.2) is 0 Å². The molecule has 0 aromatic carbocycles. The fourth-order valence-electron chi connectivity index (χ4n) is 2.17. The van der Waals surface area contributed by atoms with Gasteiger partial charge in [-0.15, -0.1) is 0 Å². The highest BCUT2D eigenvalue weighted by atomic mass is 15.3. The Morgan fingerprint density at radius 1 is 1.27 bits per heavy atom. The molecule has 0 saturated carbocycles. The van der Waals surface area contributed by atoms with Gasteiger partial charge < -0.3 is 5.32 Å². The van der Waals surface area contributed by atoms with E-state index in [1.165, 1.54) is 38.9 Å². The molecule has 0 aromatic heterocycles. The number of likely N-dealkylation sites (tertiary alicyclic amines) is 1. The summed E-state index contributed by atoms with van der Waals surface area (Å²) in [4.78, 5) is 2.68. The molecule has 2 nitrogen and oxygen atoms in total. The van der Waals surface area contributed by atoms with E-state index in [2.05, 4.69) is 17.1 Å². The third kappa shape index (κ3) is 1.42. The lowest BCUT2D eigenvalue weighted by Crippen LogP contribution is -2.60. The minimum absolute atomic E-state index is 0.843. The zero-order valence-corrected chi connectivity index (χ0v) is 7.34. The number of rotatable bonds is 1. The van der Waals surface area contributed by atoms with Crippen LogP contribution in [-0.4, -0.2) is 36.6 Å². The molecule has 2 heteroatoms. The van der Waals surface area contributed by atoms with Gasteiger partial charge in [-0.1, -0.05) is 6.42 Å². The molecule has 2 aliphatic rings. The summed E-state index contributed by atoms with van der Waals surface area (Å²) in [6.45, 7) is 6.17. The molecule has 0 aliphatic carbocycles. The summed E-state index contributed by atoms with van der Waals surface area (Å²) in [6.07, 6.45) is 4.27. The first-order chi connectivity index (χ1) is 5.38. The summed E-state index contributed by atoms with van der Waals surface area (Å²) in [5, 5.41) is 3.34. The molecule has 2 heterocycles. The highest BCUT2D eigenvalue weighted by Gasteiger charge is 2.29. The average Bonchev–Trinajstić information content (AvgIpc) is 1.90. The van der Waals surface area contributed by atoms with E-state index in [1.54, 1.807) is 0 Å². The highest BCUT2D eigenvalue weighted by Crippen LogP contribution is 2.20. The molecular weight excluding hydrogens is 136 g/mol. The van der Waals surface area contributed by atoms with Crippen molar-refractivity contribution in [2.24, 2.45) is 0 Å². The highest BCUT2D eigenvalue weighted by molar-refractivity contribution is 4.88. The van der Waals surface area contributed by atoms with Crippen molar-refractivity contribution in [3.8, 4) is 0 Å². The smallest absolute Gasteiger partial charge is 0.0348 e. The zero-order valence-electron chi connectivity index (χ0n) is 7.34. The number of nitrogens with one attached hydrogen (secondary N) is 1. The molecule has 1 unspecified atom stereocenters. The fraction of sp³-hybridized carbons (Fsp3) is 1.00. The van der Waals surface area contributed by atoms with Crippen molar-refractivity contribution in [2.45, 2.75) is 38.3 Å². The summed E-state index contributed by atoms with van der Waals surface area (Å²) >= 11 is 0. The van der Waals surface area contributed by atoms with Crippen molar-refractivity contribution in [3.05, 3.63) is 0 Å². The van der Waals surface area contributed by atoms with Crippen molar-refractivity contribution in [2.75, 3.05) is 19.6 Å². The van der Waals surface area contributed by atoms with Crippen molar-refractivity contribution in [1.29, 1.82) is 0 Å². The Labute approximate surface area is 69.0 Å². The maximum Gasteiger partial charge on any atom is 0.0348 e. The van der Waals surface area contributed by atoms with E-state index in [-0.39, 0.29) is 0 Å². The molecule has 0 bridgehead atoms. The maximum atomic E-state index is 3.34. The molecule has 2 fully saturated rings. The van der Waals surface area contributed by atoms with Gasteiger partial charge in [-0.25, -0.2) is 0 Å². The van der Waals surface area contributed by atoms with Gasteiger partial charge in [0.15, 0.2) is 0 Å². The van der Waals surface area contributed by atoms with Gasteiger partial charge in [-0.05, 0) is 26.3 Å². The molecule has 64 valence electrons. The molecule has 2 rings (SSSR count). The number of piperidine rings is 1. The Bertz CT molecular complexity index is 130. The van der Waals surface area contributed by atoms with Gasteiger partial charge in [0.25, 0.3) is 0 Å². The Kier molecular flexibility index (Phi) is 2.14. The molecule has 0 amide bonds. The van der Waals surface area contributed by atoms with E-state index in [0.717, 1.165) is 12.1 Å². The number of hydrogen-bond donors (Lipinski definition) is 1. The van der Waals surface area contributed by atoms with Crippen molar-refractivity contribution < 1.29 is 0 Å². The SMILES string of the molecule is CC1CCCCN1C1CNC1. The predicted octanol–water partition coefficient (Wildman–Crippen LogP) is 0.833. The quantitative estimate of drug-likeness (QED) is 0.602. The summed E-state index contributed by atoms with van der Waals surface area (Å²) in [5.74, 6) is 0. The van der Waals surface area contributed by atoms with E-state index in [4.69, 9.17) is 0 Å². The summed E-state index contributed by atoms with van der Waals surface area (Å²) in [7, 11) is 0. The molecule has 2 saturated heterocycles. The molecule has 0 spiro atoms. The van der Waals surface area contributed by atoms with Gasteiger partial charge in [-0.2, -0.15) is 0 Å². The van der Waals surface area contributed by atoms with Gasteiger partial charge in [0.1, 0.15) is 0 Å². The van der Waals surface area contributed by atoms with E-state index in [9.17, 15) is 0 Å². The van der Waals surface area contributed by atoms with E-state index >= 15 is 0 Å². The largest absolute Gasteiger partial charge is 0.314 e. The van der Waals surface area contributed by atoms with E-state index in [0.29, 0.717) is 0 Å². The molecule has 1 atom stereocenters. The first kappa shape index (κ1) is 7.56. The van der Waals surface area contributed by atoms with Gasteiger partial charge >= 0.3 is 0 Å². The first-order valence-corrected chi connectivity index (χ1v) is 4.84. The minimum Gasteiger partial charge on any atom is -0.314 e. The van der Waals surface area contributed by atoms with Crippen LogP contribution in [-0.2, 0) is 0 Å². The van der Waals surface area contributed by atoms with Crippen molar-refractivity contribution in [3.63, 3.8) is 0 Å². The first-order valence-electron chi connectivity index (χ1n) is 4.84. The third-order valence-electron chi connectivity index (χ3n) is 3.08. The lowest BCUT2D eigenvalue weighted by atomic mass is 9.99. The lowest BCUT2D eigenvalue weighted by molar-refractivity contribution is 0.0741. The molecule has 11 heavy (non-hydrogen) atoms. The third-order valence-corrected chi connectivity index (χ3v) is 3.08. The second-order valence-electron chi connectivity index (χ2n) is 3.89. The Morgan fingerprint density at radius 3 is 2.64 bits per heavy atom. The topological polar surface area (TPSA) is 15.3 Å². The minimum atomic E-state index is 0.843. The van der Waals surface area contributed by atoms with Crippen LogP contribution < -0.4 is 5.32 Å². The van der Waals surface area contributed by atoms with Gasteiger partial charge in [-0.3, -0.25) is 4.90 Å². The van der Waals surface area contributed by atoms with Crippen molar-refractivity contribution >= 4 is 0 Å². The monoisotopic (exact) mass is 154 g/mol. The van der Waals surface area contributed by atoms with Crippen LogP contribution in [0.2, 0.25) is 0 Å². The van der Waals surface area contributed by atoms with Crippen LogP contribution in [0.25, 0.3) is 0 Å². The summed E-state index contributed by atoms with van der Waals surface area (Å²) in [5.41, 5.74) is 0. The van der Waals surface area contributed by atoms with E-state index < -0.39 is 0 Å². The number of nitrogens with zero attached hydrogens (tertiary/aromatic N) is 1. The molecule has 0 radical (unpaired) electrons. The Balaban J connectivity index is 1.88. The lowest BCUT2D eigenvalue weighted by Gasteiger charge is -2.44. The van der Waals surface area contributed by atoms with Crippen LogP contribution in [0.4, 0.5) is 0 Å². The van der Waals surface area contributed by atoms with Gasteiger partial charge in [0, 0.05) is 25.2 Å². The van der Waals surface area contributed by atoms with Crippen LogP contribution in [0, 0.1) is 0 Å². The second kappa shape index (κ2) is 3.11. The van der Waals surface area contributed by atoms with Crippen molar-refractivity contribution in [1.82, 2.24) is 10.2 Å². The zero-order chi connectivity index (χ0) is 7.68. The van der Waals surface area contributed by atoms with Gasteiger partial charge in [0.05, 0.1) is 0 Å². The predicted molar refractivity (Wildman–Crippen MR) is 46.7 cm³/mol. The van der Waals surface area contributed by atoms with Crippen LogP contribution in [0.3, 0.4) is 0 Å². The van der Waals surface area contributed by atoms with Crippen LogP contribution >= 0.6 is 0 Å². The second-order valence-corrected chi connectivity index (χ2v) is 3.89. The van der Waals surface area contributed by atoms with Gasteiger partial charge in [0.2, 0.25) is 0 Å². The Morgan fingerprint density at radius 2 is 2.09 bits per heavy atom. The molecular formula is C9H18N2. The molecule has 2 aliphatic heterocycles. The molecule has 1 N–H and O–H groups in total. The molecule has 0 aromatic rings. The number of hydrogen-bond acceptors (Lipinski definition) is 2. The Hall–Kier alpha value is -0.0800. The fourth-order valence-corrected chi connectivity index (χ4v) is 2.17. The van der Waals surface area contributed by atoms with Crippen LogP contribution in [0.5, 0.6) is 0 Å².